The third kappa shape index (κ3) is 3.32. The summed E-state index contributed by atoms with van der Waals surface area (Å²) < 4.78 is 64.9. The van der Waals surface area contributed by atoms with Crippen molar-refractivity contribution in [2.75, 3.05) is 7.11 Å². The normalized spacial score (nSPS) is 12.0. The number of amides is 1. The second-order valence-corrected chi connectivity index (χ2v) is 4.61. The molecule has 0 aliphatic heterocycles. The average molecular weight is 284 g/mol. The molecular weight excluding hydrogens is 277 g/mol. The van der Waals surface area contributed by atoms with Crippen LogP contribution in [0.5, 0.6) is 0 Å². The maximum absolute atomic E-state index is 12.2. The van der Waals surface area contributed by atoms with Crippen molar-refractivity contribution in [2.45, 2.75) is 11.2 Å². The van der Waals surface area contributed by atoms with Crippen molar-refractivity contribution < 1.29 is 31.1 Å². The second-order valence-electron chi connectivity index (χ2n) is 2.98. The van der Waals surface area contributed by atoms with Crippen LogP contribution in [0.3, 0.4) is 0 Å². The first-order valence-corrected chi connectivity index (χ1v) is 5.79. The van der Waals surface area contributed by atoms with Crippen LogP contribution in [0.4, 0.5) is 18.0 Å². The zero-order valence-electron chi connectivity index (χ0n) is 8.85. The molecule has 0 bridgehead atoms. The number of nitrogens with one attached hydrogen (secondary N) is 1. The smallest absolute Gasteiger partial charge is 0.420 e. The summed E-state index contributed by atoms with van der Waals surface area (Å²) in [5, 5.41) is -0.721. The molecule has 0 unspecified atom stereocenters. The Balaban J connectivity index is 3.02. The lowest BCUT2D eigenvalue weighted by molar-refractivity contribution is -0.137. The predicted octanol–water partition coefficient (Wildman–Crippen LogP) is 1.15. The Morgan fingerprint density at radius 3 is 2.39 bits per heavy atom. The predicted molar refractivity (Wildman–Crippen MR) is 52.0 cm³/mol. The van der Waals surface area contributed by atoms with E-state index < -0.39 is 32.9 Å². The molecule has 10 heteroatoms. The van der Waals surface area contributed by atoms with Gasteiger partial charge in [0, 0.05) is 6.20 Å². The third-order valence-electron chi connectivity index (χ3n) is 1.74. The number of hydrogen-bond donors (Lipinski definition) is 1. The molecule has 1 N–H and O–H groups in total. The van der Waals surface area contributed by atoms with E-state index in [-0.39, 0.29) is 0 Å². The monoisotopic (exact) mass is 284 g/mol. The van der Waals surface area contributed by atoms with Crippen LogP contribution in [0, 0.1) is 0 Å². The zero-order valence-corrected chi connectivity index (χ0v) is 9.67. The van der Waals surface area contributed by atoms with Gasteiger partial charge in [0.1, 0.15) is 0 Å². The summed E-state index contributed by atoms with van der Waals surface area (Å²) in [5.41, 5.74) is -1.10. The van der Waals surface area contributed by atoms with E-state index in [0.29, 0.717) is 18.3 Å². The van der Waals surface area contributed by atoms with Crippen LogP contribution in [0.2, 0.25) is 0 Å². The molecule has 0 fully saturated rings. The van der Waals surface area contributed by atoms with Gasteiger partial charge in [-0.05, 0) is 12.1 Å². The number of rotatable bonds is 2. The van der Waals surface area contributed by atoms with Crippen molar-refractivity contribution in [3.63, 3.8) is 0 Å². The number of carbonyl (C=O) groups excluding carboxylic acids is 1. The number of hydrogen-bond acceptors (Lipinski definition) is 5. The van der Waals surface area contributed by atoms with Gasteiger partial charge in [-0.25, -0.2) is 14.5 Å². The highest BCUT2D eigenvalue weighted by molar-refractivity contribution is 7.90. The van der Waals surface area contributed by atoms with E-state index in [1.807, 2.05) is 0 Å². The van der Waals surface area contributed by atoms with E-state index in [0.717, 1.165) is 7.11 Å². The summed E-state index contributed by atoms with van der Waals surface area (Å²) in [6, 6.07) is 1.17. The van der Waals surface area contributed by atoms with E-state index in [4.69, 9.17) is 0 Å². The topological polar surface area (TPSA) is 85.4 Å². The maximum atomic E-state index is 12.2. The minimum atomic E-state index is -4.62. The number of nitrogens with zero attached hydrogens (tertiary/aromatic N) is 1. The molecule has 0 aliphatic rings. The lowest BCUT2D eigenvalue weighted by atomic mass is 10.3. The van der Waals surface area contributed by atoms with Crippen molar-refractivity contribution in [3.05, 3.63) is 23.9 Å². The summed E-state index contributed by atoms with van der Waals surface area (Å²) in [6.07, 6.45) is -5.53. The van der Waals surface area contributed by atoms with Gasteiger partial charge in [0.25, 0.3) is 10.0 Å². The molecule has 1 heterocycles. The Bertz CT molecular complexity index is 538. The molecule has 0 aromatic carbocycles. The number of carbonyl (C=O) groups is 1. The molecule has 0 radical (unpaired) electrons. The van der Waals surface area contributed by atoms with Crippen LogP contribution in [0.15, 0.2) is 23.4 Å². The molecule has 18 heavy (non-hydrogen) atoms. The van der Waals surface area contributed by atoms with Crippen molar-refractivity contribution in [1.82, 2.24) is 9.71 Å². The summed E-state index contributed by atoms with van der Waals surface area (Å²) in [6.45, 7) is 0. The van der Waals surface area contributed by atoms with Gasteiger partial charge >= 0.3 is 12.3 Å². The Kier molecular flexibility index (Phi) is 3.79. The first-order valence-electron chi connectivity index (χ1n) is 4.31. The Morgan fingerprint density at radius 2 is 2.00 bits per heavy atom. The molecule has 0 saturated heterocycles. The summed E-state index contributed by atoms with van der Waals surface area (Å²) >= 11 is 0. The van der Waals surface area contributed by atoms with Gasteiger partial charge in [0.05, 0.1) is 12.7 Å². The van der Waals surface area contributed by atoms with Crippen LogP contribution in [0.25, 0.3) is 0 Å². The highest BCUT2D eigenvalue weighted by Crippen LogP contribution is 2.28. The number of methoxy groups -OCH3 is 1. The third-order valence-corrected chi connectivity index (χ3v) is 2.97. The summed E-state index contributed by atoms with van der Waals surface area (Å²) in [4.78, 5) is 13.8. The lowest BCUT2D eigenvalue weighted by Gasteiger charge is -2.07. The van der Waals surface area contributed by atoms with Gasteiger partial charge in [-0.1, -0.05) is 0 Å². The average Bonchev–Trinajstić information content (AvgIpc) is 2.27. The van der Waals surface area contributed by atoms with Crippen LogP contribution in [-0.4, -0.2) is 26.6 Å². The van der Waals surface area contributed by atoms with E-state index >= 15 is 0 Å². The summed E-state index contributed by atoms with van der Waals surface area (Å²) in [5.74, 6) is 0. The molecule has 1 amide bonds. The second kappa shape index (κ2) is 4.80. The van der Waals surface area contributed by atoms with Gasteiger partial charge in [0.2, 0.25) is 0 Å². The SMILES string of the molecule is COC(=O)NS(=O)(=O)c1ccc(C(F)(F)F)cn1. The van der Waals surface area contributed by atoms with E-state index in [1.165, 1.54) is 4.72 Å². The van der Waals surface area contributed by atoms with E-state index in [1.54, 1.807) is 0 Å². The van der Waals surface area contributed by atoms with Gasteiger partial charge in [-0.15, -0.1) is 0 Å². The highest BCUT2D eigenvalue weighted by atomic mass is 32.2. The lowest BCUT2D eigenvalue weighted by Crippen LogP contribution is -2.31. The maximum Gasteiger partial charge on any atom is 0.420 e. The van der Waals surface area contributed by atoms with Crippen molar-refractivity contribution in [1.29, 1.82) is 0 Å². The fraction of sp³-hybridized carbons (Fsp3) is 0.250. The molecule has 0 aliphatic carbocycles. The first kappa shape index (κ1) is 14.2. The van der Waals surface area contributed by atoms with Gasteiger partial charge in [-0.3, -0.25) is 0 Å². The number of pyridine rings is 1. The minimum absolute atomic E-state index is 0.353. The Morgan fingerprint density at radius 1 is 1.39 bits per heavy atom. The minimum Gasteiger partial charge on any atom is -0.452 e. The van der Waals surface area contributed by atoms with Crippen molar-refractivity contribution in [2.24, 2.45) is 0 Å². The first-order chi connectivity index (χ1) is 8.16. The number of ether oxygens (including phenoxy) is 1. The fourth-order valence-electron chi connectivity index (χ4n) is 0.911. The molecule has 100 valence electrons. The van der Waals surface area contributed by atoms with Crippen LogP contribution in [0.1, 0.15) is 5.56 Å². The Hall–Kier alpha value is -1.84. The standard InChI is InChI=1S/C8H7F3N2O4S/c1-17-7(14)13-18(15,16)6-3-2-5(4-12-6)8(9,10)11/h2-4H,1H3,(H,13,14). The zero-order chi connectivity index (χ0) is 14.0. The number of halogens is 3. The number of alkyl halides is 3. The van der Waals surface area contributed by atoms with Gasteiger partial charge in [-0.2, -0.15) is 21.6 Å². The van der Waals surface area contributed by atoms with E-state index in [9.17, 15) is 26.4 Å². The fourth-order valence-corrected chi connectivity index (χ4v) is 1.76. The number of aromatic nitrogens is 1. The van der Waals surface area contributed by atoms with Crippen molar-refractivity contribution >= 4 is 16.1 Å². The molecule has 1 aromatic heterocycles. The highest BCUT2D eigenvalue weighted by Gasteiger charge is 2.31. The molecule has 1 rings (SSSR count). The number of sulfonamides is 1. The molecule has 1 aromatic rings. The van der Waals surface area contributed by atoms with Crippen molar-refractivity contribution in [3.8, 4) is 0 Å². The van der Waals surface area contributed by atoms with Gasteiger partial charge in [0.15, 0.2) is 5.03 Å². The quantitative estimate of drug-likeness (QED) is 0.880. The van der Waals surface area contributed by atoms with Gasteiger partial charge < -0.3 is 4.74 Å². The van der Waals surface area contributed by atoms with Crippen LogP contribution >= 0.6 is 0 Å². The Labute approximate surface area is 99.8 Å². The molecule has 0 atom stereocenters. The van der Waals surface area contributed by atoms with E-state index in [2.05, 4.69) is 9.72 Å². The molecule has 6 nitrogen and oxygen atoms in total. The molecule has 0 saturated carbocycles. The van der Waals surface area contributed by atoms with Crippen LogP contribution < -0.4 is 4.72 Å². The molecule has 0 spiro atoms. The molecular formula is C8H7F3N2O4S. The summed E-state index contributed by atoms with van der Waals surface area (Å²) in [7, 11) is -3.40. The van der Waals surface area contributed by atoms with Crippen LogP contribution in [-0.2, 0) is 20.9 Å². The largest absolute Gasteiger partial charge is 0.452 e.